The Morgan fingerprint density at radius 3 is 2.68 bits per heavy atom. The molecule has 0 spiro atoms. The molecule has 1 aromatic heterocycles. The van der Waals surface area contributed by atoms with Gasteiger partial charge in [0, 0.05) is 18.5 Å². The number of amides is 1. The highest BCUT2D eigenvalue weighted by Crippen LogP contribution is 2.20. The molecular weight excluding hydrogens is 284 g/mol. The molecule has 1 aliphatic heterocycles. The van der Waals surface area contributed by atoms with E-state index in [1.807, 2.05) is 12.1 Å². The molecule has 0 saturated carbocycles. The number of methoxy groups -OCH3 is 1. The van der Waals surface area contributed by atoms with Gasteiger partial charge >= 0.3 is 5.97 Å². The van der Waals surface area contributed by atoms with Gasteiger partial charge in [-0.1, -0.05) is 18.2 Å². The first kappa shape index (κ1) is 14.5. The molecule has 0 unspecified atom stereocenters. The van der Waals surface area contributed by atoms with Gasteiger partial charge < -0.3 is 14.4 Å². The Labute approximate surface area is 127 Å². The number of benzene rings is 1. The van der Waals surface area contributed by atoms with Crippen LogP contribution in [0.4, 0.5) is 0 Å². The number of para-hydroxylation sites is 1. The normalized spacial score (nSPS) is 14.9. The van der Waals surface area contributed by atoms with Crippen LogP contribution in [0.2, 0.25) is 0 Å². The van der Waals surface area contributed by atoms with Crippen molar-refractivity contribution >= 4 is 22.8 Å². The number of fused-ring (bicyclic) bond motifs is 1. The molecule has 0 bridgehead atoms. The SMILES string of the molecule is COC(=O)c1cc(C(=O)N2CCOCC2)nc2ccccc12. The number of carbonyl (C=O) groups excluding carboxylic acids is 2. The predicted molar refractivity (Wildman–Crippen MR) is 79.8 cm³/mol. The minimum Gasteiger partial charge on any atom is -0.465 e. The van der Waals surface area contributed by atoms with Crippen LogP contribution in [-0.4, -0.2) is 55.2 Å². The summed E-state index contributed by atoms with van der Waals surface area (Å²) in [5, 5.41) is 0.674. The van der Waals surface area contributed by atoms with Crippen molar-refractivity contribution in [2.75, 3.05) is 33.4 Å². The van der Waals surface area contributed by atoms with Crippen molar-refractivity contribution in [3.63, 3.8) is 0 Å². The second kappa shape index (κ2) is 6.11. The van der Waals surface area contributed by atoms with Crippen LogP contribution in [0, 0.1) is 0 Å². The van der Waals surface area contributed by atoms with Gasteiger partial charge in [0.1, 0.15) is 5.69 Å². The monoisotopic (exact) mass is 300 g/mol. The number of morpholine rings is 1. The highest BCUT2D eigenvalue weighted by molar-refractivity contribution is 6.06. The topological polar surface area (TPSA) is 68.7 Å². The Morgan fingerprint density at radius 2 is 1.95 bits per heavy atom. The van der Waals surface area contributed by atoms with Gasteiger partial charge in [-0.3, -0.25) is 4.79 Å². The van der Waals surface area contributed by atoms with Gasteiger partial charge in [-0.15, -0.1) is 0 Å². The third-order valence-electron chi connectivity index (χ3n) is 3.64. The van der Waals surface area contributed by atoms with E-state index in [0.29, 0.717) is 42.8 Å². The summed E-state index contributed by atoms with van der Waals surface area (Å²) >= 11 is 0. The Hall–Kier alpha value is -2.47. The maximum atomic E-state index is 12.6. The van der Waals surface area contributed by atoms with E-state index in [0.717, 1.165) is 0 Å². The van der Waals surface area contributed by atoms with Crippen molar-refractivity contribution in [1.29, 1.82) is 0 Å². The van der Waals surface area contributed by atoms with Crippen LogP contribution in [0.25, 0.3) is 10.9 Å². The van der Waals surface area contributed by atoms with Crippen LogP contribution in [0.3, 0.4) is 0 Å². The van der Waals surface area contributed by atoms with E-state index in [9.17, 15) is 9.59 Å². The maximum Gasteiger partial charge on any atom is 0.338 e. The van der Waals surface area contributed by atoms with Crippen molar-refractivity contribution in [3.05, 3.63) is 41.6 Å². The van der Waals surface area contributed by atoms with E-state index in [1.54, 1.807) is 17.0 Å². The third kappa shape index (κ3) is 2.65. The summed E-state index contributed by atoms with van der Waals surface area (Å²) in [4.78, 5) is 30.6. The van der Waals surface area contributed by atoms with Gasteiger partial charge in [-0.2, -0.15) is 0 Å². The molecule has 1 saturated heterocycles. The molecule has 0 radical (unpaired) electrons. The predicted octanol–water partition coefficient (Wildman–Crippen LogP) is 1.49. The Bertz CT molecular complexity index is 723. The lowest BCUT2D eigenvalue weighted by atomic mass is 10.1. The number of hydrogen-bond donors (Lipinski definition) is 0. The molecule has 6 nitrogen and oxygen atoms in total. The van der Waals surface area contributed by atoms with Gasteiger partial charge in [-0.05, 0) is 12.1 Å². The number of esters is 1. The Morgan fingerprint density at radius 1 is 1.23 bits per heavy atom. The fourth-order valence-electron chi connectivity index (χ4n) is 2.49. The minimum absolute atomic E-state index is 0.195. The minimum atomic E-state index is -0.477. The van der Waals surface area contributed by atoms with Crippen LogP contribution in [0.5, 0.6) is 0 Å². The zero-order chi connectivity index (χ0) is 15.5. The van der Waals surface area contributed by atoms with Crippen LogP contribution >= 0.6 is 0 Å². The van der Waals surface area contributed by atoms with Crippen molar-refractivity contribution < 1.29 is 19.1 Å². The average Bonchev–Trinajstić information content (AvgIpc) is 2.60. The lowest BCUT2D eigenvalue weighted by molar-refractivity contribution is 0.0299. The zero-order valence-electron chi connectivity index (χ0n) is 12.2. The fraction of sp³-hybridized carbons (Fsp3) is 0.312. The first-order valence-electron chi connectivity index (χ1n) is 7.06. The van der Waals surface area contributed by atoms with Crippen molar-refractivity contribution in [2.24, 2.45) is 0 Å². The smallest absolute Gasteiger partial charge is 0.338 e. The molecule has 1 aliphatic rings. The molecule has 1 fully saturated rings. The number of aromatic nitrogens is 1. The summed E-state index contributed by atoms with van der Waals surface area (Å²) in [7, 11) is 1.32. The molecule has 3 rings (SSSR count). The summed E-state index contributed by atoms with van der Waals surface area (Å²) in [5.74, 6) is -0.672. The van der Waals surface area contributed by atoms with Crippen molar-refractivity contribution in [3.8, 4) is 0 Å². The molecular formula is C16H16N2O4. The quantitative estimate of drug-likeness (QED) is 0.786. The number of ether oxygens (including phenoxy) is 2. The molecule has 0 atom stereocenters. The Balaban J connectivity index is 2.06. The van der Waals surface area contributed by atoms with E-state index < -0.39 is 5.97 Å². The lowest BCUT2D eigenvalue weighted by Gasteiger charge is -2.26. The van der Waals surface area contributed by atoms with E-state index in [2.05, 4.69) is 4.98 Å². The van der Waals surface area contributed by atoms with Gasteiger partial charge in [0.05, 0.1) is 31.4 Å². The Kier molecular flexibility index (Phi) is 4.02. The second-order valence-corrected chi connectivity index (χ2v) is 4.97. The first-order chi connectivity index (χ1) is 10.7. The molecule has 6 heteroatoms. The summed E-state index contributed by atoms with van der Waals surface area (Å²) in [6, 6.07) is 8.71. The first-order valence-corrected chi connectivity index (χ1v) is 7.06. The molecule has 114 valence electrons. The number of rotatable bonds is 2. The van der Waals surface area contributed by atoms with E-state index in [4.69, 9.17) is 9.47 Å². The highest BCUT2D eigenvalue weighted by atomic mass is 16.5. The largest absolute Gasteiger partial charge is 0.465 e. The maximum absolute atomic E-state index is 12.6. The van der Waals surface area contributed by atoms with Gasteiger partial charge in [0.25, 0.3) is 5.91 Å². The summed E-state index contributed by atoms with van der Waals surface area (Å²) in [5.41, 5.74) is 1.20. The van der Waals surface area contributed by atoms with Gasteiger partial charge in [0.15, 0.2) is 0 Å². The second-order valence-electron chi connectivity index (χ2n) is 4.97. The molecule has 2 heterocycles. The van der Waals surface area contributed by atoms with Gasteiger partial charge in [0.2, 0.25) is 0 Å². The fourth-order valence-corrected chi connectivity index (χ4v) is 2.49. The van der Waals surface area contributed by atoms with E-state index in [1.165, 1.54) is 13.2 Å². The van der Waals surface area contributed by atoms with Gasteiger partial charge in [-0.25, -0.2) is 9.78 Å². The molecule has 0 aliphatic carbocycles. The third-order valence-corrected chi connectivity index (χ3v) is 3.64. The van der Waals surface area contributed by atoms with Crippen LogP contribution < -0.4 is 0 Å². The summed E-state index contributed by atoms with van der Waals surface area (Å²) in [6.07, 6.45) is 0. The molecule has 0 N–H and O–H groups in total. The average molecular weight is 300 g/mol. The molecule has 2 aromatic rings. The van der Waals surface area contributed by atoms with Crippen molar-refractivity contribution in [1.82, 2.24) is 9.88 Å². The molecule has 1 aromatic carbocycles. The summed E-state index contributed by atoms with van der Waals surface area (Å²) < 4.78 is 10.1. The number of carbonyl (C=O) groups is 2. The van der Waals surface area contributed by atoms with E-state index >= 15 is 0 Å². The molecule has 22 heavy (non-hydrogen) atoms. The lowest BCUT2D eigenvalue weighted by Crippen LogP contribution is -2.41. The van der Waals surface area contributed by atoms with Crippen LogP contribution in [0.1, 0.15) is 20.8 Å². The number of hydrogen-bond acceptors (Lipinski definition) is 5. The standard InChI is InChI=1S/C16H16N2O4/c1-21-16(20)12-10-14(15(19)18-6-8-22-9-7-18)17-13-5-3-2-4-11(12)13/h2-5,10H,6-9H2,1H3. The molecule has 1 amide bonds. The zero-order valence-corrected chi connectivity index (χ0v) is 12.2. The van der Waals surface area contributed by atoms with Crippen LogP contribution in [0.15, 0.2) is 30.3 Å². The van der Waals surface area contributed by atoms with E-state index in [-0.39, 0.29) is 11.6 Å². The number of pyridine rings is 1. The van der Waals surface area contributed by atoms with Crippen molar-refractivity contribution in [2.45, 2.75) is 0 Å². The summed E-state index contributed by atoms with van der Waals surface area (Å²) in [6.45, 7) is 2.09. The number of nitrogens with zero attached hydrogens (tertiary/aromatic N) is 2. The van der Waals surface area contributed by atoms with Crippen LogP contribution in [-0.2, 0) is 9.47 Å². The highest BCUT2D eigenvalue weighted by Gasteiger charge is 2.22.